The fraction of sp³-hybridized carbons (Fsp3) is 0.462. The second kappa shape index (κ2) is 5.08. The standard InChI is InChI=1S/C13H18O4/c1-7-6-10(16-4)8(2)11(12(7)17-5)9(3)13(14)15/h6,9H,1-5H3,(H,14,15). The highest BCUT2D eigenvalue weighted by Crippen LogP contribution is 2.38. The molecule has 0 saturated heterocycles. The highest BCUT2D eigenvalue weighted by atomic mass is 16.5. The molecule has 0 fully saturated rings. The van der Waals surface area contributed by atoms with Crippen LogP contribution >= 0.6 is 0 Å². The van der Waals surface area contributed by atoms with Crippen LogP contribution in [-0.2, 0) is 4.79 Å². The SMILES string of the molecule is COc1cc(C)c(OC)c(C(C)C(=O)O)c1C. The van der Waals surface area contributed by atoms with Crippen molar-refractivity contribution in [1.29, 1.82) is 0 Å². The molecule has 0 heterocycles. The van der Waals surface area contributed by atoms with Crippen LogP contribution in [0.2, 0.25) is 0 Å². The van der Waals surface area contributed by atoms with Gasteiger partial charge in [0.15, 0.2) is 0 Å². The Hall–Kier alpha value is -1.71. The molecule has 1 unspecified atom stereocenters. The summed E-state index contributed by atoms with van der Waals surface area (Å²) in [5, 5.41) is 9.14. The molecule has 1 rings (SSSR count). The van der Waals surface area contributed by atoms with E-state index in [2.05, 4.69) is 0 Å². The zero-order chi connectivity index (χ0) is 13.2. The lowest BCUT2D eigenvalue weighted by atomic mass is 9.92. The number of ether oxygens (including phenoxy) is 2. The van der Waals surface area contributed by atoms with Crippen LogP contribution < -0.4 is 9.47 Å². The average Bonchev–Trinajstić information content (AvgIpc) is 2.29. The van der Waals surface area contributed by atoms with Gasteiger partial charge in [0.25, 0.3) is 0 Å². The number of hydrogen-bond acceptors (Lipinski definition) is 3. The van der Waals surface area contributed by atoms with E-state index in [0.29, 0.717) is 17.1 Å². The number of rotatable bonds is 4. The minimum Gasteiger partial charge on any atom is -0.496 e. The van der Waals surface area contributed by atoms with E-state index in [1.165, 1.54) is 0 Å². The molecule has 94 valence electrons. The molecular weight excluding hydrogens is 220 g/mol. The fourth-order valence-electron chi connectivity index (χ4n) is 2.01. The number of carboxylic acids is 1. The van der Waals surface area contributed by atoms with Crippen molar-refractivity contribution in [2.45, 2.75) is 26.7 Å². The zero-order valence-electron chi connectivity index (χ0n) is 10.8. The summed E-state index contributed by atoms with van der Waals surface area (Å²) in [6, 6.07) is 1.85. The van der Waals surface area contributed by atoms with Crippen molar-refractivity contribution >= 4 is 5.97 Å². The van der Waals surface area contributed by atoms with Gasteiger partial charge < -0.3 is 14.6 Å². The number of carbonyl (C=O) groups is 1. The fourth-order valence-corrected chi connectivity index (χ4v) is 2.01. The van der Waals surface area contributed by atoms with Gasteiger partial charge in [-0.1, -0.05) is 0 Å². The lowest BCUT2D eigenvalue weighted by molar-refractivity contribution is -0.138. The Bertz CT molecular complexity index is 438. The Balaban J connectivity index is 3.52. The number of aliphatic carboxylic acids is 1. The van der Waals surface area contributed by atoms with Gasteiger partial charge in [0.2, 0.25) is 0 Å². The number of hydrogen-bond donors (Lipinski definition) is 1. The summed E-state index contributed by atoms with van der Waals surface area (Å²) in [5.74, 6) is -0.192. The quantitative estimate of drug-likeness (QED) is 0.875. The maximum atomic E-state index is 11.1. The summed E-state index contributed by atoms with van der Waals surface area (Å²) < 4.78 is 10.6. The van der Waals surface area contributed by atoms with Crippen LogP contribution in [-0.4, -0.2) is 25.3 Å². The van der Waals surface area contributed by atoms with Crippen LogP contribution in [0.3, 0.4) is 0 Å². The van der Waals surface area contributed by atoms with Crippen LogP contribution in [0, 0.1) is 13.8 Å². The normalized spacial score (nSPS) is 12.1. The molecule has 0 aliphatic rings. The largest absolute Gasteiger partial charge is 0.496 e. The van der Waals surface area contributed by atoms with Gasteiger partial charge in [-0.15, -0.1) is 0 Å². The van der Waals surface area contributed by atoms with Gasteiger partial charge in [-0.3, -0.25) is 4.79 Å². The third-order valence-electron chi connectivity index (χ3n) is 2.95. The third-order valence-corrected chi connectivity index (χ3v) is 2.95. The van der Waals surface area contributed by atoms with E-state index >= 15 is 0 Å². The first-order valence-corrected chi connectivity index (χ1v) is 5.38. The molecule has 0 aliphatic heterocycles. The number of aryl methyl sites for hydroxylation is 1. The van der Waals surface area contributed by atoms with E-state index in [0.717, 1.165) is 11.1 Å². The monoisotopic (exact) mass is 238 g/mol. The second-order valence-electron chi connectivity index (χ2n) is 4.03. The van der Waals surface area contributed by atoms with E-state index in [4.69, 9.17) is 14.6 Å². The lowest BCUT2D eigenvalue weighted by Crippen LogP contribution is -2.12. The predicted molar refractivity (Wildman–Crippen MR) is 65.1 cm³/mol. The first-order valence-electron chi connectivity index (χ1n) is 5.38. The van der Waals surface area contributed by atoms with Gasteiger partial charge in [0, 0.05) is 5.56 Å². The average molecular weight is 238 g/mol. The Kier molecular flexibility index (Phi) is 3.99. The van der Waals surface area contributed by atoms with Gasteiger partial charge in [-0.2, -0.15) is 0 Å². The number of methoxy groups -OCH3 is 2. The lowest BCUT2D eigenvalue weighted by Gasteiger charge is -2.19. The molecule has 0 bridgehead atoms. The van der Waals surface area contributed by atoms with Crippen molar-refractivity contribution in [2.24, 2.45) is 0 Å². The summed E-state index contributed by atoms with van der Waals surface area (Å²) in [4.78, 5) is 11.1. The Morgan fingerprint density at radius 1 is 1.29 bits per heavy atom. The van der Waals surface area contributed by atoms with Crippen LogP contribution in [0.4, 0.5) is 0 Å². The molecule has 1 atom stereocenters. The molecule has 1 aromatic carbocycles. The molecule has 0 amide bonds. The molecule has 4 heteroatoms. The maximum Gasteiger partial charge on any atom is 0.310 e. The molecule has 1 N–H and O–H groups in total. The van der Waals surface area contributed by atoms with Crippen LogP contribution in [0.5, 0.6) is 11.5 Å². The van der Waals surface area contributed by atoms with E-state index in [1.54, 1.807) is 21.1 Å². The Labute approximate surface area is 101 Å². The molecule has 0 aliphatic carbocycles. The van der Waals surface area contributed by atoms with Gasteiger partial charge in [0.05, 0.1) is 20.1 Å². The number of carboxylic acid groups (broad SMARTS) is 1. The molecule has 0 radical (unpaired) electrons. The summed E-state index contributed by atoms with van der Waals surface area (Å²) in [7, 11) is 3.12. The van der Waals surface area contributed by atoms with E-state index < -0.39 is 11.9 Å². The van der Waals surface area contributed by atoms with Crippen molar-refractivity contribution in [1.82, 2.24) is 0 Å². The molecule has 1 aromatic rings. The summed E-state index contributed by atoms with van der Waals surface area (Å²) >= 11 is 0. The molecule has 4 nitrogen and oxygen atoms in total. The van der Waals surface area contributed by atoms with Crippen LogP contribution in [0.1, 0.15) is 29.5 Å². The first kappa shape index (κ1) is 13.4. The highest BCUT2D eigenvalue weighted by molar-refractivity contribution is 5.78. The molecule has 0 saturated carbocycles. The second-order valence-corrected chi connectivity index (χ2v) is 4.03. The van der Waals surface area contributed by atoms with Gasteiger partial charge >= 0.3 is 5.97 Å². The highest BCUT2D eigenvalue weighted by Gasteiger charge is 2.24. The minimum absolute atomic E-state index is 0.623. The predicted octanol–water partition coefficient (Wildman–Crippen LogP) is 2.51. The van der Waals surface area contributed by atoms with Crippen molar-refractivity contribution in [3.63, 3.8) is 0 Å². The Morgan fingerprint density at radius 3 is 2.29 bits per heavy atom. The topological polar surface area (TPSA) is 55.8 Å². The molecular formula is C13H18O4. The Morgan fingerprint density at radius 2 is 1.88 bits per heavy atom. The smallest absolute Gasteiger partial charge is 0.310 e. The molecule has 0 spiro atoms. The maximum absolute atomic E-state index is 11.1. The summed E-state index contributed by atoms with van der Waals surface area (Å²) in [5.41, 5.74) is 2.36. The van der Waals surface area contributed by atoms with Crippen LogP contribution in [0.15, 0.2) is 6.07 Å². The summed E-state index contributed by atoms with van der Waals surface area (Å²) in [6.07, 6.45) is 0. The molecule has 17 heavy (non-hydrogen) atoms. The van der Waals surface area contributed by atoms with E-state index in [-0.39, 0.29) is 0 Å². The van der Waals surface area contributed by atoms with Crippen molar-refractivity contribution in [3.8, 4) is 11.5 Å². The van der Waals surface area contributed by atoms with Crippen molar-refractivity contribution in [3.05, 3.63) is 22.8 Å². The van der Waals surface area contributed by atoms with Crippen molar-refractivity contribution < 1.29 is 19.4 Å². The molecule has 0 aromatic heterocycles. The van der Waals surface area contributed by atoms with Crippen molar-refractivity contribution in [2.75, 3.05) is 14.2 Å². The minimum atomic E-state index is -0.876. The van der Waals surface area contributed by atoms with Gasteiger partial charge in [-0.25, -0.2) is 0 Å². The van der Waals surface area contributed by atoms with Gasteiger partial charge in [-0.05, 0) is 38.0 Å². The first-order chi connectivity index (χ1) is 7.93. The van der Waals surface area contributed by atoms with E-state index in [9.17, 15) is 4.79 Å². The van der Waals surface area contributed by atoms with Crippen LogP contribution in [0.25, 0.3) is 0 Å². The zero-order valence-corrected chi connectivity index (χ0v) is 10.8. The van der Waals surface area contributed by atoms with Gasteiger partial charge in [0.1, 0.15) is 11.5 Å². The third kappa shape index (κ3) is 2.35. The van der Waals surface area contributed by atoms with E-state index in [1.807, 2.05) is 19.9 Å². The number of benzene rings is 1. The summed E-state index contributed by atoms with van der Waals surface area (Å²) in [6.45, 7) is 5.36.